The first-order valence-electron chi connectivity index (χ1n) is 4.60. The Bertz CT molecular complexity index is 215. The molecule has 1 aliphatic rings. The second-order valence-electron chi connectivity index (χ2n) is 3.80. The molecule has 74 valence electrons. The normalized spacial score (nSPS) is 27.2. The average Bonchev–Trinajstić information content (AvgIpc) is 2.47. The molecule has 1 saturated carbocycles. The van der Waals surface area contributed by atoms with E-state index < -0.39 is 11.9 Å². The van der Waals surface area contributed by atoms with Crippen molar-refractivity contribution in [2.45, 2.75) is 26.2 Å². The number of nitrogens with one attached hydrogen (secondary N) is 1. The Morgan fingerprint density at radius 2 is 2.15 bits per heavy atom. The van der Waals surface area contributed by atoms with Gasteiger partial charge in [0.2, 0.25) is 0 Å². The third-order valence-electron chi connectivity index (χ3n) is 2.55. The highest BCUT2D eigenvalue weighted by molar-refractivity contribution is 6.31. The molecule has 0 bridgehead atoms. The van der Waals surface area contributed by atoms with E-state index in [-0.39, 0.29) is 0 Å². The number of carboxylic acid groups (broad SMARTS) is 1. The van der Waals surface area contributed by atoms with E-state index in [1.165, 1.54) is 6.42 Å². The van der Waals surface area contributed by atoms with Crippen molar-refractivity contribution in [2.75, 3.05) is 6.54 Å². The van der Waals surface area contributed by atoms with E-state index in [0.717, 1.165) is 12.8 Å². The highest BCUT2D eigenvalue weighted by Crippen LogP contribution is 2.29. The van der Waals surface area contributed by atoms with Crippen molar-refractivity contribution in [2.24, 2.45) is 11.8 Å². The Labute approximate surface area is 77.3 Å². The molecule has 2 N–H and O–H groups in total. The van der Waals surface area contributed by atoms with Crippen molar-refractivity contribution < 1.29 is 14.7 Å². The van der Waals surface area contributed by atoms with Crippen LogP contribution in [0.15, 0.2) is 0 Å². The predicted octanol–water partition coefficient (Wildman–Crippen LogP) is 0.623. The number of rotatable bonds is 2. The second-order valence-corrected chi connectivity index (χ2v) is 3.80. The monoisotopic (exact) mass is 185 g/mol. The minimum absolute atomic E-state index is 0.471. The van der Waals surface area contributed by atoms with Crippen LogP contribution in [0.3, 0.4) is 0 Å². The average molecular weight is 185 g/mol. The van der Waals surface area contributed by atoms with E-state index in [0.29, 0.717) is 18.4 Å². The maximum atomic E-state index is 10.7. The van der Waals surface area contributed by atoms with Crippen LogP contribution < -0.4 is 5.32 Å². The molecule has 4 nitrogen and oxygen atoms in total. The molecule has 0 aromatic carbocycles. The quantitative estimate of drug-likeness (QED) is 0.620. The molecule has 1 rings (SSSR count). The number of carbonyl (C=O) groups is 2. The van der Waals surface area contributed by atoms with Crippen LogP contribution in [0.5, 0.6) is 0 Å². The van der Waals surface area contributed by atoms with Gasteiger partial charge in [-0.3, -0.25) is 4.79 Å². The van der Waals surface area contributed by atoms with E-state index in [2.05, 4.69) is 12.2 Å². The summed E-state index contributed by atoms with van der Waals surface area (Å²) in [6, 6.07) is 0. The summed E-state index contributed by atoms with van der Waals surface area (Å²) in [7, 11) is 0. The third-order valence-corrected chi connectivity index (χ3v) is 2.55. The van der Waals surface area contributed by atoms with Crippen molar-refractivity contribution in [3.63, 3.8) is 0 Å². The first-order chi connectivity index (χ1) is 6.09. The maximum absolute atomic E-state index is 10.7. The van der Waals surface area contributed by atoms with Gasteiger partial charge in [-0.2, -0.15) is 0 Å². The van der Waals surface area contributed by atoms with Gasteiger partial charge < -0.3 is 10.4 Å². The Balaban J connectivity index is 2.20. The van der Waals surface area contributed by atoms with Crippen LogP contribution in [0.2, 0.25) is 0 Å². The highest BCUT2D eigenvalue weighted by atomic mass is 16.4. The summed E-state index contributed by atoms with van der Waals surface area (Å²) < 4.78 is 0. The first-order valence-corrected chi connectivity index (χ1v) is 4.60. The highest BCUT2D eigenvalue weighted by Gasteiger charge is 2.22. The molecule has 13 heavy (non-hydrogen) atoms. The summed E-state index contributed by atoms with van der Waals surface area (Å²) in [5.74, 6) is -1.10. The van der Waals surface area contributed by atoms with E-state index in [4.69, 9.17) is 5.11 Å². The molecule has 0 saturated heterocycles. The number of amides is 1. The Hall–Kier alpha value is -1.06. The molecule has 0 heterocycles. The summed E-state index contributed by atoms with van der Waals surface area (Å²) in [4.78, 5) is 20.8. The minimum Gasteiger partial charge on any atom is -0.474 e. The van der Waals surface area contributed by atoms with Crippen LogP contribution >= 0.6 is 0 Å². The van der Waals surface area contributed by atoms with Gasteiger partial charge in [0.25, 0.3) is 0 Å². The largest absolute Gasteiger partial charge is 0.474 e. The van der Waals surface area contributed by atoms with Gasteiger partial charge in [0.1, 0.15) is 0 Å². The van der Waals surface area contributed by atoms with Crippen LogP contribution in [0.4, 0.5) is 0 Å². The molecule has 1 amide bonds. The number of aliphatic carboxylic acids is 1. The van der Waals surface area contributed by atoms with Gasteiger partial charge in [-0.1, -0.05) is 13.3 Å². The third kappa shape index (κ3) is 3.05. The van der Waals surface area contributed by atoms with Gasteiger partial charge in [0.15, 0.2) is 0 Å². The molecule has 0 aromatic rings. The topological polar surface area (TPSA) is 66.4 Å². The number of hydrogen-bond donors (Lipinski definition) is 2. The summed E-state index contributed by atoms with van der Waals surface area (Å²) >= 11 is 0. The number of carbonyl (C=O) groups excluding carboxylic acids is 1. The zero-order chi connectivity index (χ0) is 9.84. The number of carboxylic acids is 1. The molecular weight excluding hydrogens is 170 g/mol. The molecule has 0 radical (unpaired) electrons. The van der Waals surface area contributed by atoms with Gasteiger partial charge in [0.05, 0.1) is 0 Å². The summed E-state index contributed by atoms with van der Waals surface area (Å²) in [6.45, 7) is 2.69. The van der Waals surface area contributed by atoms with Crippen molar-refractivity contribution in [1.82, 2.24) is 5.32 Å². The van der Waals surface area contributed by atoms with E-state index >= 15 is 0 Å². The SMILES string of the molecule is CC1CCC(CNC(=O)C(=O)O)C1. The fraction of sp³-hybridized carbons (Fsp3) is 0.778. The molecule has 0 spiro atoms. The summed E-state index contributed by atoms with van der Waals surface area (Å²) in [5, 5.41) is 10.7. The Morgan fingerprint density at radius 3 is 2.62 bits per heavy atom. The zero-order valence-electron chi connectivity index (χ0n) is 7.75. The number of hydrogen-bond acceptors (Lipinski definition) is 2. The van der Waals surface area contributed by atoms with Gasteiger partial charge in [-0.05, 0) is 24.7 Å². The van der Waals surface area contributed by atoms with E-state index in [9.17, 15) is 9.59 Å². The first kappa shape index (κ1) is 10.0. The molecule has 4 heteroatoms. The Morgan fingerprint density at radius 1 is 1.46 bits per heavy atom. The zero-order valence-corrected chi connectivity index (χ0v) is 7.75. The van der Waals surface area contributed by atoms with Crippen molar-refractivity contribution in [3.8, 4) is 0 Å². The van der Waals surface area contributed by atoms with Crippen LogP contribution in [0.1, 0.15) is 26.2 Å². The lowest BCUT2D eigenvalue weighted by Crippen LogP contribution is -2.33. The molecule has 0 aliphatic heterocycles. The molecule has 2 unspecified atom stereocenters. The fourth-order valence-corrected chi connectivity index (χ4v) is 1.82. The van der Waals surface area contributed by atoms with E-state index in [1.807, 2.05) is 0 Å². The standard InChI is InChI=1S/C9H15NO3/c1-6-2-3-7(4-6)5-10-8(11)9(12)13/h6-7H,2-5H2,1H3,(H,10,11)(H,12,13). The minimum atomic E-state index is -1.40. The second kappa shape index (κ2) is 4.25. The Kier molecular flexibility index (Phi) is 3.28. The molecule has 0 aromatic heterocycles. The molecule has 1 fully saturated rings. The lowest BCUT2D eigenvalue weighted by Gasteiger charge is -2.08. The lowest BCUT2D eigenvalue weighted by atomic mass is 10.1. The van der Waals surface area contributed by atoms with Gasteiger partial charge in [-0.25, -0.2) is 4.79 Å². The molecular formula is C9H15NO3. The van der Waals surface area contributed by atoms with Gasteiger partial charge >= 0.3 is 11.9 Å². The maximum Gasteiger partial charge on any atom is 0.394 e. The van der Waals surface area contributed by atoms with Crippen molar-refractivity contribution in [1.29, 1.82) is 0 Å². The lowest BCUT2D eigenvalue weighted by molar-refractivity contribution is -0.150. The summed E-state index contributed by atoms with van der Waals surface area (Å²) in [6.07, 6.45) is 3.38. The molecule has 1 aliphatic carbocycles. The van der Waals surface area contributed by atoms with E-state index in [1.54, 1.807) is 0 Å². The predicted molar refractivity (Wildman–Crippen MR) is 47.2 cm³/mol. The van der Waals surface area contributed by atoms with Crippen LogP contribution in [-0.4, -0.2) is 23.5 Å². The van der Waals surface area contributed by atoms with Crippen LogP contribution in [0, 0.1) is 11.8 Å². The fourth-order valence-electron chi connectivity index (χ4n) is 1.82. The van der Waals surface area contributed by atoms with Crippen LogP contribution in [0.25, 0.3) is 0 Å². The van der Waals surface area contributed by atoms with Crippen LogP contribution in [-0.2, 0) is 9.59 Å². The van der Waals surface area contributed by atoms with Crippen molar-refractivity contribution in [3.05, 3.63) is 0 Å². The summed E-state index contributed by atoms with van der Waals surface area (Å²) in [5.41, 5.74) is 0. The molecule has 2 atom stereocenters. The smallest absolute Gasteiger partial charge is 0.394 e. The van der Waals surface area contributed by atoms with Gasteiger partial charge in [0, 0.05) is 6.54 Å². The van der Waals surface area contributed by atoms with Gasteiger partial charge in [-0.15, -0.1) is 0 Å². The van der Waals surface area contributed by atoms with Crippen molar-refractivity contribution >= 4 is 11.9 Å².